The molecule has 0 spiro atoms. The SMILES string of the molecule is NC(=NCc1ccc2c(n1)CCCC2)NC1CCC1. The molecule has 0 aliphatic heterocycles. The minimum absolute atomic E-state index is 0.542. The Morgan fingerprint density at radius 2 is 2.11 bits per heavy atom. The number of hydrogen-bond donors (Lipinski definition) is 2. The lowest BCUT2D eigenvalue weighted by Crippen LogP contribution is -2.43. The Bertz CT molecular complexity index is 477. The van der Waals surface area contributed by atoms with E-state index in [1.54, 1.807) is 0 Å². The summed E-state index contributed by atoms with van der Waals surface area (Å²) >= 11 is 0. The summed E-state index contributed by atoms with van der Waals surface area (Å²) in [5.74, 6) is 0.559. The molecule has 0 atom stereocenters. The molecule has 0 saturated heterocycles. The number of nitrogens with one attached hydrogen (secondary N) is 1. The maximum absolute atomic E-state index is 5.88. The third-order valence-electron chi connectivity index (χ3n) is 4.10. The van der Waals surface area contributed by atoms with Crippen LogP contribution in [0.2, 0.25) is 0 Å². The molecular weight excluding hydrogens is 236 g/mol. The van der Waals surface area contributed by atoms with Gasteiger partial charge in [-0.3, -0.25) is 4.98 Å². The van der Waals surface area contributed by atoms with Crippen molar-refractivity contribution in [3.8, 4) is 0 Å². The van der Waals surface area contributed by atoms with Gasteiger partial charge in [0.05, 0.1) is 12.2 Å². The summed E-state index contributed by atoms with van der Waals surface area (Å²) in [7, 11) is 0. The molecule has 1 saturated carbocycles. The zero-order valence-corrected chi connectivity index (χ0v) is 11.4. The van der Waals surface area contributed by atoms with Crippen LogP contribution in [0, 0.1) is 0 Å². The number of aryl methyl sites for hydroxylation is 2. The van der Waals surface area contributed by atoms with Gasteiger partial charge in [-0.1, -0.05) is 6.07 Å². The number of nitrogens with two attached hydrogens (primary N) is 1. The maximum atomic E-state index is 5.88. The summed E-state index contributed by atoms with van der Waals surface area (Å²) < 4.78 is 0. The molecule has 1 aromatic rings. The van der Waals surface area contributed by atoms with E-state index < -0.39 is 0 Å². The Morgan fingerprint density at radius 3 is 2.89 bits per heavy atom. The Morgan fingerprint density at radius 1 is 1.26 bits per heavy atom. The van der Waals surface area contributed by atoms with Gasteiger partial charge in [0, 0.05) is 11.7 Å². The summed E-state index contributed by atoms with van der Waals surface area (Å²) in [6, 6.07) is 4.84. The van der Waals surface area contributed by atoms with Crippen LogP contribution in [0.25, 0.3) is 0 Å². The van der Waals surface area contributed by atoms with E-state index in [0.29, 0.717) is 18.5 Å². The molecule has 2 aliphatic carbocycles. The van der Waals surface area contributed by atoms with Crippen LogP contribution in [0.5, 0.6) is 0 Å². The molecular formula is C15H22N4. The highest BCUT2D eigenvalue weighted by Gasteiger charge is 2.17. The van der Waals surface area contributed by atoms with Gasteiger partial charge in [0.15, 0.2) is 5.96 Å². The van der Waals surface area contributed by atoms with E-state index in [-0.39, 0.29) is 0 Å². The van der Waals surface area contributed by atoms with Crippen LogP contribution in [0.1, 0.15) is 49.1 Å². The zero-order chi connectivity index (χ0) is 13.1. The summed E-state index contributed by atoms with van der Waals surface area (Å²) in [6.45, 7) is 0.582. The van der Waals surface area contributed by atoms with E-state index in [9.17, 15) is 0 Å². The van der Waals surface area contributed by atoms with Crippen LogP contribution in [-0.4, -0.2) is 17.0 Å². The lowest BCUT2D eigenvalue weighted by molar-refractivity contribution is 0.382. The molecule has 4 heteroatoms. The Balaban J connectivity index is 1.61. The average Bonchev–Trinajstić information content (AvgIpc) is 2.40. The Hall–Kier alpha value is -1.58. The molecule has 1 heterocycles. The molecule has 1 aromatic heterocycles. The van der Waals surface area contributed by atoms with Crippen molar-refractivity contribution < 1.29 is 0 Å². The van der Waals surface area contributed by atoms with E-state index in [0.717, 1.165) is 12.1 Å². The minimum Gasteiger partial charge on any atom is -0.370 e. The number of aromatic nitrogens is 1. The second kappa shape index (κ2) is 5.59. The number of nitrogens with zero attached hydrogens (tertiary/aromatic N) is 2. The molecule has 0 amide bonds. The number of fused-ring (bicyclic) bond motifs is 1. The second-order valence-electron chi connectivity index (χ2n) is 5.59. The van der Waals surface area contributed by atoms with E-state index >= 15 is 0 Å². The van der Waals surface area contributed by atoms with E-state index in [2.05, 4.69) is 22.4 Å². The van der Waals surface area contributed by atoms with Gasteiger partial charge < -0.3 is 11.1 Å². The first kappa shape index (κ1) is 12.5. The molecule has 0 aromatic carbocycles. The first-order valence-electron chi connectivity index (χ1n) is 7.35. The van der Waals surface area contributed by atoms with Crippen molar-refractivity contribution in [2.45, 2.75) is 57.5 Å². The fourth-order valence-corrected chi connectivity index (χ4v) is 2.69. The van der Waals surface area contributed by atoms with E-state index in [4.69, 9.17) is 10.7 Å². The summed E-state index contributed by atoms with van der Waals surface area (Å²) in [5, 5.41) is 3.25. The third kappa shape index (κ3) is 3.06. The van der Waals surface area contributed by atoms with Crippen molar-refractivity contribution in [3.63, 3.8) is 0 Å². The number of rotatable bonds is 3. The molecule has 2 aliphatic rings. The first-order valence-corrected chi connectivity index (χ1v) is 7.35. The normalized spacial score (nSPS) is 19.7. The lowest BCUT2D eigenvalue weighted by atomic mass is 9.93. The summed E-state index contributed by atoms with van der Waals surface area (Å²) in [5.41, 5.74) is 9.59. The van der Waals surface area contributed by atoms with Gasteiger partial charge in [-0.2, -0.15) is 0 Å². The van der Waals surface area contributed by atoms with Gasteiger partial charge in [-0.15, -0.1) is 0 Å². The van der Waals surface area contributed by atoms with Crippen molar-refractivity contribution in [2.75, 3.05) is 0 Å². The fraction of sp³-hybridized carbons (Fsp3) is 0.600. The van der Waals surface area contributed by atoms with Gasteiger partial charge in [-0.25, -0.2) is 4.99 Å². The van der Waals surface area contributed by atoms with Crippen LogP contribution in [0.15, 0.2) is 17.1 Å². The van der Waals surface area contributed by atoms with Crippen LogP contribution in [0.3, 0.4) is 0 Å². The van der Waals surface area contributed by atoms with Crippen LogP contribution in [0.4, 0.5) is 0 Å². The number of hydrogen-bond acceptors (Lipinski definition) is 2. The van der Waals surface area contributed by atoms with Crippen LogP contribution < -0.4 is 11.1 Å². The van der Waals surface area contributed by atoms with E-state index in [1.165, 1.54) is 49.8 Å². The molecule has 3 rings (SSSR count). The van der Waals surface area contributed by atoms with Crippen molar-refractivity contribution in [1.82, 2.24) is 10.3 Å². The molecule has 0 bridgehead atoms. The Kier molecular flexibility index (Phi) is 3.67. The van der Waals surface area contributed by atoms with Gasteiger partial charge in [0.25, 0.3) is 0 Å². The zero-order valence-electron chi connectivity index (χ0n) is 11.4. The van der Waals surface area contributed by atoms with Crippen molar-refractivity contribution in [2.24, 2.45) is 10.7 Å². The molecule has 0 unspecified atom stereocenters. The highest BCUT2D eigenvalue weighted by atomic mass is 15.1. The molecule has 4 nitrogen and oxygen atoms in total. The highest BCUT2D eigenvalue weighted by molar-refractivity contribution is 5.78. The van der Waals surface area contributed by atoms with Crippen molar-refractivity contribution in [3.05, 3.63) is 29.1 Å². The smallest absolute Gasteiger partial charge is 0.189 e. The quantitative estimate of drug-likeness (QED) is 0.643. The molecule has 1 fully saturated rings. The minimum atomic E-state index is 0.542. The number of aliphatic imine (C=N–C) groups is 1. The lowest BCUT2D eigenvalue weighted by Gasteiger charge is -2.26. The second-order valence-corrected chi connectivity index (χ2v) is 5.59. The molecule has 19 heavy (non-hydrogen) atoms. The molecule has 102 valence electrons. The van der Waals surface area contributed by atoms with Crippen LogP contribution in [-0.2, 0) is 19.4 Å². The number of guanidine groups is 1. The number of pyridine rings is 1. The third-order valence-corrected chi connectivity index (χ3v) is 4.10. The standard InChI is InChI=1S/C15H22N4/c16-15(19-12-5-3-6-12)17-10-13-9-8-11-4-1-2-7-14(11)18-13/h8-9,12H,1-7,10H2,(H3,16,17,19). The molecule has 0 radical (unpaired) electrons. The van der Waals surface area contributed by atoms with Gasteiger partial charge >= 0.3 is 0 Å². The van der Waals surface area contributed by atoms with Crippen LogP contribution >= 0.6 is 0 Å². The monoisotopic (exact) mass is 258 g/mol. The van der Waals surface area contributed by atoms with Gasteiger partial charge in [0.1, 0.15) is 0 Å². The maximum Gasteiger partial charge on any atom is 0.189 e. The summed E-state index contributed by atoms with van der Waals surface area (Å²) in [4.78, 5) is 9.09. The predicted octanol–water partition coefficient (Wildman–Crippen LogP) is 1.92. The highest BCUT2D eigenvalue weighted by Crippen LogP contribution is 2.20. The fourth-order valence-electron chi connectivity index (χ4n) is 2.69. The van der Waals surface area contributed by atoms with E-state index in [1.807, 2.05) is 0 Å². The van der Waals surface area contributed by atoms with Gasteiger partial charge in [0.2, 0.25) is 0 Å². The van der Waals surface area contributed by atoms with Crippen molar-refractivity contribution in [1.29, 1.82) is 0 Å². The largest absolute Gasteiger partial charge is 0.370 e. The van der Waals surface area contributed by atoms with Crippen molar-refractivity contribution >= 4 is 5.96 Å². The summed E-state index contributed by atoms with van der Waals surface area (Å²) in [6.07, 6.45) is 8.58. The average molecular weight is 258 g/mol. The molecule has 3 N–H and O–H groups in total. The predicted molar refractivity (Wildman–Crippen MR) is 77.0 cm³/mol. The first-order chi connectivity index (χ1) is 9.31. The topological polar surface area (TPSA) is 63.3 Å². The van der Waals surface area contributed by atoms with Gasteiger partial charge in [-0.05, 0) is 56.6 Å². The Labute approximate surface area is 114 Å².